The van der Waals surface area contributed by atoms with E-state index in [9.17, 15) is 4.57 Å². The molecule has 3 heteroatoms. The predicted octanol–water partition coefficient (Wildman–Crippen LogP) is 1.83. The number of nitrogen functional groups attached to an aromatic ring is 1. The largest absolute Gasteiger partial charge is 0.398 e. The summed E-state index contributed by atoms with van der Waals surface area (Å²) in [5, 5.41) is 0.824. The molecule has 66 valence electrons. The molecular weight excluding hydrogens is 169 g/mol. The Morgan fingerprint density at radius 2 is 1.92 bits per heavy atom. The molecule has 0 spiro atoms. The average molecular weight is 183 g/mol. The average Bonchev–Trinajstić information content (AvgIpc) is 1.82. The lowest BCUT2D eigenvalue weighted by atomic mass is 10.2. The Morgan fingerprint density at radius 1 is 1.33 bits per heavy atom. The molecule has 0 aliphatic heterocycles. The van der Waals surface area contributed by atoms with Gasteiger partial charge in [0.1, 0.15) is 7.14 Å². The molecule has 0 unspecified atom stereocenters. The van der Waals surface area contributed by atoms with E-state index in [-0.39, 0.29) is 0 Å². The lowest BCUT2D eigenvalue weighted by Gasteiger charge is -2.12. The number of hydrogen-bond donors (Lipinski definition) is 1. The summed E-state index contributed by atoms with van der Waals surface area (Å²) in [5.74, 6) is 0. The number of hydrogen-bond acceptors (Lipinski definition) is 2. The smallest absolute Gasteiger partial charge is 0.112 e. The van der Waals surface area contributed by atoms with Gasteiger partial charge in [0.25, 0.3) is 0 Å². The SMILES string of the molecule is Cc1cccc(N)c1P(C)(C)=O. The first kappa shape index (κ1) is 9.34. The van der Waals surface area contributed by atoms with Crippen molar-refractivity contribution >= 4 is 18.1 Å². The van der Waals surface area contributed by atoms with Crippen LogP contribution in [0.3, 0.4) is 0 Å². The van der Waals surface area contributed by atoms with E-state index < -0.39 is 7.14 Å². The van der Waals surface area contributed by atoms with Gasteiger partial charge >= 0.3 is 0 Å². The van der Waals surface area contributed by atoms with Crippen LogP contribution in [0.2, 0.25) is 0 Å². The van der Waals surface area contributed by atoms with Crippen LogP contribution in [0.15, 0.2) is 18.2 Å². The third-order valence-electron chi connectivity index (χ3n) is 1.81. The van der Waals surface area contributed by atoms with Crippen molar-refractivity contribution in [1.29, 1.82) is 0 Å². The quantitative estimate of drug-likeness (QED) is 0.533. The van der Waals surface area contributed by atoms with E-state index in [0.717, 1.165) is 10.9 Å². The molecule has 12 heavy (non-hydrogen) atoms. The minimum Gasteiger partial charge on any atom is -0.398 e. The second kappa shape index (κ2) is 2.95. The molecule has 2 nitrogen and oxygen atoms in total. The predicted molar refractivity (Wildman–Crippen MR) is 54.7 cm³/mol. The third-order valence-corrected chi connectivity index (χ3v) is 3.50. The summed E-state index contributed by atoms with van der Waals surface area (Å²) in [7, 11) is -2.22. The molecule has 0 aromatic heterocycles. The molecule has 0 atom stereocenters. The molecule has 2 N–H and O–H groups in total. The van der Waals surface area contributed by atoms with E-state index in [2.05, 4.69) is 0 Å². The van der Waals surface area contributed by atoms with Gasteiger partial charge in [0.15, 0.2) is 0 Å². The molecule has 1 rings (SSSR count). The van der Waals surface area contributed by atoms with Crippen LogP contribution in [-0.2, 0) is 4.57 Å². The molecule has 1 aromatic rings. The Labute approximate surface area is 73.2 Å². The summed E-state index contributed by atoms with van der Waals surface area (Å²) in [6.07, 6.45) is 0. The van der Waals surface area contributed by atoms with Crippen LogP contribution >= 0.6 is 7.14 Å². The second-order valence-electron chi connectivity index (χ2n) is 3.36. The molecule has 0 radical (unpaired) electrons. The van der Waals surface area contributed by atoms with E-state index in [0.29, 0.717) is 5.69 Å². The van der Waals surface area contributed by atoms with E-state index in [1.807, 2.05) is 19.1 Å². The summed E-state index contributed by atoms with van der Waals surface area (Å²) in [6.45, 7) is 5.42. The third kappa shape index (κ3) is 1.70. The molecule has 0 aliphatic carbocycles. The van der Waals surface area contributed by atoms with Gasteiger partial charge in [-0.05, 0) is 31.9 Å². The zero-order chi connectivity index (χ0) is 9.35. The van der Waals surface area contributed by atoms with Crippen molar-refractivity contribution in [1.82, 2.24) is 0 Å². The standard InChI is InChI=1S/C9H14NOP/c1-7-5-4-6-8(10)9(7)12(2,3)11/h4-6H,10H2,1-3H3. The molecule has 0 aliphatic rings. The molecule has 1 aromatic carbocycles. The van der Waals surface area contributed by atoms with E-state index in [1.165, 1.54) is 0 Å². The Hall–Kier alpha value is -0.750. The van der Waals surface area contributed by atoms with Crippen molar-refractivity contribution in [3.8, 4) is 0 Å². The highest BCUT2D eigenvalue weighted by molar-refractivity contribution is 7.70. The summed E-state index contributed by atoms with van der Waals surface area (Å²) < 4.78 is 11.8. The lowest BCUT2D eigenvalue weighted by Crippen LogP contribution is -2.12. The maximum absolute atomic E-state index is 11.8. The molecule has 0 heterocycles. The van der Waals surface area contributed by atoms with Crippen LogP contribution in [0.5, 0.6) is 0 Å². The molecule has 0 saturated heterocycles. The van der Waals surface area contributed by atoms with Crippen molar-refractivity contribution in [3.63, 3.8) is 0 Å². The molecular formula is C9H14NOP. The minimum atomic E-state index is -2.22. The topological polar surface area (TPSA) is 43.1 Å². The highest BCUT2D eigenvalue weighted by atomic mass is 31.2. The Bertz CT molecular complexity index is 320. The number of anilines is 1. The van der Waals surface area contributed by atoms with Crippen LogP contribution < -0.4 is 11.0 Å². The number of benzene rings is 1. The zero-order valence-electron chi connectivity index (χ0n) is 7.66. The van der Waals surface area contributed by atoms with E-state index in [1.54, 1.807) is 19.4 Å². The lowest BCUT2D eigenvalue weighted by molar-refractivity contribution is 0.588. The van der Waals surface area contributed by atoms with E-state index in [4.69, 9.17) is 5.73 Å². The normalized spacial score (nSPS) is 11.6. The zero-order valence-corrected chi connectivity index (χ0v) is 8.56. The highest BCUT2D eigenvalue weighted by Crippen LogP contribution is 2.38. The van der Waals surface area contributed by atoms with Gasteiger partial charge in [0, 0.05) is 11.0 Å². The van der Waals surface area contributed by atoms with Crippen LogP contribution in [0, 0.1) is 6.92 Å². The molecule has 0 fully saturated rings. The van der Waals surface area contributed by atoms with Gasteiger partial charge in [0.2, 0.25) is 0 Å². The van der Waals surface area contributed by atoms with Gasteiger partial charge in [0.05, 0.1) is 0 Å². The molecule has 0 amide bonds. The first-order valence-corrected chi connectivity index (χ1v) is 6.43. The Morgan fingerprint density at radius 3 is 2.25 bits per heavy atom. The maximum atomic E-state index is 11.8. The van der Waals surface area contributed by atoms with Gasteiger partial charge in [-0.3, -0.25) is 0 Å². The summed E-state index contributed by atoms with van der Waals surface area (Å²) in [6, 6.07) is 5.61. The van der Waals surface area contributed by atoms with Crippen molar-refractivity contribution in [2.45, 2.75) is 6.92 Å². The van der Waals surface area contributed by atoms with Gasteiger partial charge in [-0.15, -0.1) is 0 Å². The van der Waals surface area contributed by atoms with Crippen LogP contribution in [-0.4, -0.2) is 13.3 Å². The van der Waals surface area contributed by atoms with Crippen LogP contribution in [0.1, 0.15) is 5.56 Å². The fourth-order valence-corrected chi connectivity index (χ4v) is 3.04. The van der Waals surface area contributed by atoms with Gasteiger partial charge in [-0.2, -0.15) is 0 Å². The second-order valence-corrected chi connectivity index (χ2v) is 6.51. The molecule has 0 bridgehead atoms. The van der Waals surface area contributed by atoms with E-state index >= 15 is 0 Å². The summed E-state index contributed by atoms with van der Waals surface area (Å²) in [5.41, 5.74) is 7.39. The van der Waals surface area contributed by atoms with Crippen molar-refractivity contribution < 1.29 is 4.57 Å². The highest BCUT2D eigenvalue weighted by Gasteiger charge is 2.16. The maximum Gasteiger partial charge on any atom is 0.112 e. The summed E-state index contributed by atoms with van der Waals surface area (Å²) in [4.78, 5) is 0. The summed E-state index contributed by atoms with van der Waals surface area (Å²) >= 11 is 0. The minimum absolute atomic E-state index is 0.642. The fourth-order valence-electron chi connectivity index (χ4n) is 1.42. The fraction of sp³-hybridized carbons (Fsp3) is 0.333. The first-order valence-electron chi connectivity index (χ1n) is 3.83. The monoisotopic (exact) mass is 183 g/mol. The number of nitrogens with two attached hydrogens (primary N) is 1. The van der Waals surface area contributed by atoms with Crippen molar-refractivity contribution in [2.24, 2.45) is 0 Å². The Kier molecular flexibility index (Phi) is 2.29. The number of aryl methyl sites for hydroxylation is 1. The number of rotatable bonds is 1. The van der Waals surface area contributed by atoms with Crippen molar-refractivity contribution in [2.75, 3.05) is 19.1 Å². The van der Waals surface area contributed by atoms with Crippen molar-refractivity contribution in [3.05, 3.63) is 23.8 Å². The van der Waals surface area contributed by atoms with Gasteiger partial charge < -0.3 is 10.3 Å². The first-order chi connectivity index (χ1) is 5.43. The molecule has 0 saturated carbocycles. The van der Waals surface area contributed by atoms with Gasteiger partial charge in [-0.25, -0.2) is 0 Å². The Balaban J connectivity index is 3.42. The van der Waals surface area contributed by atoms with Crippen LogP contribution in [0.4, 0.5) is 5.69 Å². The van der Waals surface area contributed by atoms with Crippen LogP contribution in [0.25, 0.3) is 0 Å². The van der Waals surface area contributed by atoms with Gasteiger partial charge in [-0.1, -0.05) is 12.1 Å².